The highest BCUT2D eigenvalue weighted by atomic mass is 16.3. The molecule has 0 aliphatic heterocycles. The zero-order valence-electron chi connectivity index (χ0n) is 17.4. The monoisotopic (exact) mass is 405 g/mol. The zero-order valence-corrected chi connectivity index (χ0v) is 17.4. The molecule has 5 nitrogen and oxygen atoms in total. The summed E-state index contributed by atoms with van der Waals surface area (Å²) in [5.41, 5.74) is 1.03. The fourth-order valence-electron chi connectivity index (χ4n) is 2.79. The van der Waals surface area contributed by atoms with Gasteiger partial charge in [0.25, 0.3) is 5.56 Å². The summed E-state index contributed by atoms with van der Waals surface area (Å²) >= 11 is 0. The van der Waals surface area contributed by atoms with Gasteiger partial charge in [0.2, 0.25) is 0 Å². The molecule has 156 valence electrons. The van der Waals surface area contributed by atoms with Crippen molar-refractivity contribution in [1.29, 1.82) is 0 Å². The summed E-state index contributed by atoms with van der Waals surface area (Å²) < 4.78 is 0. The lowest BCUT2D eigenvalue weighted by atomic mass is 10.0. The minimum atomic E-state index is -0.667. The number of ketones is 1. The second kappa shape index (κ2) is 10.8. The van der Waals surface area contributed by atoms with Crippen molar-refractivity contribution in [3.05, 3.63) is 94.5 Å². The normalized spacial score (nSPS) is 13.5. The third-order valence-electron chi connectivity index (χ3n) is 4.62. The average Bonchev–Trinajstić information content (AvgIpc) is 2.71. The molecule has 5 heteroatoms. The Balaban J connectivity index is 2.15. The number of H-pyrrole nitrogens is 1. The molecule has 30 heavy (non-hydrogen) atoms. The van der Waals surface area contributed by atoms with E-state index in [1.54, 1.807) is 24.3 Å². The first-order valence-electron chi connectivity index (χ1n) is 9.81. The minimum absolute atomic E-state index is 0.0771. The van der Waals surface area contributed by atoms with Crippen LogP contribution < -0.4 is 5.56 Å². The molecule has 2 rings (SSSR count). The standard InChI is InChI=1S/C25H27NO4/c1-4-17(2)15-18(3)9-7-5-6-8-10-22(28)23-24(29)21(16-26-25(23)30)19-11-13-20(27)14-12-19/h5-17,27H,4H2,1-3H3,(H2,26,29,30)/t17-/m1/s1. The smallest absolute Gasteiger partial charge is 0.263 e. The van der Waals surface area contributed by atoms with Gasteiger partial charge in [0.1, 0.15) is 17.1 Å². The molecule has 0 saturated carbocycles. The number of rotatable bonds is 8. The first kappa shape index (κ1) is 22.7. The molecule has 1 atom stereocenters. The number of carbonyl (C=O) groups excluding carboxylic acids is 1. The summed E-state index contributed by atoms with van der Waals surface area (Å²) in [5.74, 6) is -0.392. The molecule has 0 aliphatic carbocycles. The third-order valence-corrected chi connectivity index (χ3v) is 4.62. The van der Waals surface area contributed by atoms with E-state index in [-0.39, 0.29) is 11.3 Å². The fourth-order valence-corrected chi connectivity index (χ4v) is 2.79. The van der Waals surface area contributed by atoms with Crippen LogP contribution in [0.5, 0.6) is 11.5 Å². The van der Waals surface area contributed by atoms with Gasteiger partial charge < -0.3 is 15.2 Å². The van der Waals surface area contributed by atoms with Crippen molar-refractivity contribution in [3.8, 4) is 22.6 Å². The summed E-state index contributed by atoms with van der Waals surface area (Å²) in [4.78, 5) is 27.0. The topological polar surface area (TPSA) is 90.4 Å². The maximum Gasteiger partial charge on any atom is 0.263 e. The molecule has 0 unspecified atom stereocenters. The lowest BCUT2D eigenvalue weighted by Crippen LogP contribution is -2.16. The number of pyridine rings is 1. The lowest BCUT2D eigenvalue weighted by Gasteiger charge is -2.07. The van der Waals surface area contributed by atoms with Crippen LogP contribution in [0, 0.1) is 5.92 Å². The largest absolute Gasteiger partial charge is 0.508 e. The Bertz CT molecular complexity index is 1050. The van der Waals surface area contributed by atoms with Crippen molar-refractivity contribution in [2.24, 2.45) is 5.92 Å². The molecule has 1 aromatic carbocycles. The van der Waals surface area contributed by atoms with Crippen molar-refractivity contribution in [2.75, 3.05) is 0 Å². The molecular formula is C25H27NO4. The summed E-state index contributed by atoms with van der Waals surface area (Å²) in [5, 5.41) is 19.9. The summed E-state index contributed by atoms with van der Waals surface area (Å²) in [6.07, 6.45) is 14.7. The van der Waals surface area contributed by atoms with Crippen LogP contribution in [0.1, 0.15) is 37.6 Å². The molecule has 0 spiro atoms. The first-order valence-corrected chi connectivity index (χ1v) is 9.81. The number of benzene rings is 1. The van der Waals surface area contributed by atoms with Gasteiger partial charge in [0, 0.05) is 11.8 Å². The van der Waals surface area contributed by atoms with Gasteiger partial charge in [0.05, 0.1) is 0 Å². The molecule has 3 N–H and O–H groups in total. The zero-order chi connectivity index (χ0) is 22.1. The van der Waals surface area contributed by atoms with E-state index in [9.17, 15) is 19.8 Å². The second-order valence-corrected chi connectivity index (χ2v) is 7.07. The van der Waals surface area contributed by atoms with Crippen LogP contribution in [0.3, 0.4) is 0 Å². The maximum absolute atomic E-state index is 12.5. The number of aromatic nitrogens is 1. The van der Waals surface area contributed by atoms with Crippen molar-refractivity contribution in [2.45, 2.75) is 27.2 Å². The molecule has 0 radical (unpaired) electrons. The fraction of sp³-hybridized carbons (Fsp3) is 0.200. The number of hydrogen-bond donors (Lipinski definition) is 3. The Kier molecular flexibility index (Phi) is 8.18. The van der Waals surface area contributed by atoms with E-state index in [0.717, 1.165) is 12.0 Å². The summed E-state index contributed by atoms with van der Waals surface area (Å²) in [7, 11) is 0. The van der Waals surface area contributed by atoms with E-state index < -0.39 is 17.1 Å². The van der Waals surface area contributed by atoms with Crippen molar-refractivity contribution < 1.29 is 15.0 Å². The number of aromatic amines is 1. The number of allylic oxidation sites excluding steroid dienone is 8. The highest BCUT2D eigenvalue weighted by Gasteiger charge is 2.18. The Morgan fingerprint density at radius 3 is 2.33 bits per heavy atom. The first-order chi connectivity index (χ1) is 14.3. The van der Waals surface area contributed by atoms with Crippen molar-refractivity contribution in [1.82, 2.24) is 4.98 Å². The third kappa shape index (κ3) is 6.21. The van der Waals surface area contributed by atoms with Gasteiger partial charge in [-0.2, -0.15) is 0 Å². The number of phenolic OH excluding ortho intramolecular Hbond substituents is 1. The molecule has 0 bridgehead atoms. The van der Waals surface area contributed by atoms with E-state index in [1.807, 2.05) is 19.1 Å². The van der Waals surface area contributed by atoms with E-state index in [4.69, 9.17) is 0 Å². The number of phenols is 1. The molecule has 1 heterocycles. The number of nitrogens with one attached hydrogen (secondary N) is 1. The molecule has 0 saturated heterocycles. The SMILES string of the molecule is CC[C@@H](C)C=C(C)C=CC=CC=CC(=O)c1c(O)c(-c2ccc(O)cc2)c[nH]c1=O. The van der Waals surface area contributed by atoms with Gasteiger partial charge in [-0.3, -0.25) is 9.59 Å². The molecule has 0 fully saturated rings. The van der Waals surface area contributed by atoms with Crippen LogP contribution in [0.2, 0.25) is 0 Å². The number of carbonyl (C=O) groups is 1. The van der Waals surface area contributed by atoms with Crippen LogP contribution in [0.25, 0.3) is 11.1 Å². The van der Waals surface area contributed by atoms with E-state index in [2.05, 4.69) is 24.9 Å². The average molecular weight is 405 g/mol. The molecule has 2 aromatic rings. The van der Waals surface area contributed by atoms with Crippen LogP contribution >= 0.6 is 0 Å². The van der Waals surface area contributed by atoms with Gasteiger partial charge in [0.15, 0.2) is 5.78 Å². The summed E-state index contributed by atoms with van der Waals surface area (Å²) in [6, 6.07) is 6.08. The minimum Gasteiger partial charge on any atom is -0.508 e. The Hall–Kier alpha value is -3.60. The molecule has 0 amide bonds. The Morgan fingerprint density at radius 2 is 1.70 bits per heavy atom. The van der Waals surface area contributed by atoms with E-state index in [0.29, 0.717) is 17.0 Å². The van der Waals surface area contributed by atoms with E-state index >= 15 is 0 Å². The van der Waals surface area contributed by atoms with Crippen LogP contribution in [-0.4, -0.2) is 21.0 Å². The molecular weight excluding hydrogens is 378 g/mol. The predicted octanol–water partition coefficient (Wildman–Crippen LogP) is 5.30. The van der Waals surface area contributed by atoms with Crippen molar-refractivity contribution >= 4 is 5.78 Å². The molecule has 1 aromatic heterocycles. The van der Waals surface area contributed by atoms with E-state index in [1.165, 1.54) is 30.5 Å². The quantitative estimate of drug-likeness (QED) is 0.316. The summed E-state index contributed by atoms with van der Waals surface area (Å²) in [6.45, 7) is 6.34. The lowest BCUT2D eigenvalue weighted by molar-refractivity contribution is 0.104. The predicted molar refractivity (Wildman–Crippen MR) is 121 cm³/mol. The van der Waals surface area contributed by atoms with Crippen LogP contribution in [0.4, 0.5) is 0 Å². The Morgan fingerprint density at radius 1 is 1.07 bits per heavy atom. The number of hydrogen-bond acceptors (Lipinski definition) is 4. The maximum atomic E-state index is 12.5. The molecule has 0 aliphatic rings. The van der Waals surface area contributed by atoms with Crippen LogP contribution in [0.15, 0.2) is 83.4 Å². The Labute approximate surface area is 176 Å². The van der Waals surface area contributed by atoms with Crippen molar-refractivity contribution in [3.63, 3.8) is 0 Å². The highest BCUT2D eigenvalue weighted by molar-refractivity contribution is 6.07. The van der Waals surface area contributed by atoms with Gasteiger partial charge >= 0.3 is 0 Å². The highest BCUT2D eigenvalue weighted by Crippen LogP contribution is 2.31. The second-order valence-electron chi connectivity index (χ2n) is 7.07. The van der Waals surface area contributed by atoms with Gasteiger partial charge in [-0.25, -0.2) is 0 Å². The van der Waals surface area contributed by atoms with Gasteiger partial charge in [-0.15, -0.1) is 0 Å². The number of aromatic hydroxyl groups is 2. The van der Waals surface area contributed by atoms with Gasteiger partial charge in [-0.05, 0) is 36.6 Å². The van der Waals surface area contributed by atoms with Gasteiger partial charge in [-0.1, -0.05) is 74.4 Å². The van der Waals surface area contributed by atoms with Crippen LogP contribution in [-0.2, 0) is 0 Å².